The highest BCUT2D eigenvalue weighted by atomic mass is 19.3. The van der Waals surface area contributed by atoms with Gasteiger partial charge in [-0.2, -0.15) is 0 Å². The molecule has 1 aliphatic heterocycles. The van der Waals surface area contributed by atoms with Crippen molar-refractivity contribution in [1.29, 1.82) is 0 Å². The summed E-state index contributed by atoms with van der Waals surface area (Å²) < 4.78 is 29.9. The Morgan fingerprint density at radius 3 is 2.68 bits per heavy atom. The molecule has 2 heterocycles. The lowest BCUT2D eigenvalue weighted by molar-refractivity contribution is -0.130. The van der Waals surface area contributed by atoms with Crippen molar-refractivity contribution in [2.24, 2.45) is 0 Å². The van der Waals surface area contributed by atoms with Crippen molar-refractivity contribution >= 4 is 17.6 Å². The second-order valence-corrected chi connectivity index (χ2v) is 8.03. The first kappa shape index (κ1) is 22.6. The van der Waals surface area contributed by atoms with Crippen LogP contribution in [0, 0.1) is 6.92 Å². The van der Waals surface area contributed by atoms with Crippen LogP contribution in [0.4, 0.5) is 14.6 Å². The zero-order valence-corrected chi connectivity index (χ0v) is 17.8. The lowest BCUT2D eigenvalue weighted by atomic mass is 10.0. The van der Waals surface area contributed by atoms with E-state index in [0.29, 0.717) is 22.4 Å². The van der Waals surface area contributed by atoms with Crippen molar-refractivity contribution < 1.29 is 28.2 Å². The number of hydrogen-bond donors (Lipinski definition) is 2. The SMILES string of the molecule is Cc1cc(C(C)N2Cc3c(ccnc3NC(=O)C(C)(C)O)C2=O)ccc1OCC(F)F. The van der Waals surface area contributed by atoms with E-state index in [1.54, 1.807) is 36.1 Å². The first-order valence-electron chi connectivity index (χ1n) is 9.83. The number of alkyl halides is 2. The van der Waals surface area contributed by atoms with Crippen LogP contribution in [0.2, 0.25) is 0 Å². The van der Waals surface area contributed by atoms with Crippen LogP contribution < -0.4 is 10.1 Å². The number of aryl methyl sites for hydroxylation is 1. The average Bonchev–Trinajstić information content (AvgIpc) is 3.03. The molecule has 1 atom stereocenters. The number of aromatic nitrogens is 1. The molecule has 1 aromatic carbocycles. The fraction of sp³-hybridized carbons (Fsp3) is 0.409. The molecule has 0 saturated heterocycles. The molecule has 0 bridgehead atoms. The van der Waals surface area contributed by atoms with Gasteiger partial charge in [0.25, 0.3) is 18.2 Å². The van der Waals surface area contributed by atoms with Gasteiger partial charge in [0, 0.05) is 17.3 Å². The largest absolute Gasteiger partial charge is 0.487 e. The number of aliphatic hydroxyl groups is 1. The zero-order chi connectivity index (χ0) is 22.9. The van der Waals surface area contributed by atoms with E-state index in [2.05, 4.69) is 10.3 Å². The molecule has 0 spiro atoms. The molecule has 3 rings (SSSR count). The maximum atomic E-state index is 13.0. The number of benzene rings is 1. The standard InChI is InChI=1S/C22H25F2N3O4/c1-12-9-14(5-6-17(12)31-11-18(23)24)13(2)27-10-16-15(20(27)28)7-8-25-19(16)26-21(29)22(3,4)30/h5-9,13,18,30H,10-11H2,1-4H3,(H,25,26,29). The van der Waals surface area contributed by atoms with E-state index >= 15 is 0 Å². The van der Waals surface area contributed by atoms with Gasteiger partial charge in [0.1, 0.15) is 23.8 Å². The molecule has 1 unspecified atom stereocenters. The van der Waals surface area contributed by atoms with Crippen molar-refractivity contribution in [3.8, 4) is 5.75 Å². The summed E-state index contributed by atoms with van der Waals surface area (Å²) >= 11 is 0. The second-order valence-electron chi connectivity index (χ2n) is 8.03. The van der Waals surface area contributed by atoms with Gasteiger partial charge in [-0.1, -0.05) is 12.1 Å². The van der Waals surface area contributed by atoms with Gasteiger partial charge in [-0.15, -0.1) is 0 Å². The highest BCUT2D eigenvalue weighted by Crippen LogP contribution is 2.35. The lowest BCUT2D eigenvalue weighted by Gasteiger charge is -2.25. The van der Waals surface area contributed by atoms with Gasteiger partial charge < -0.3 is 20.1 Å². The van der Waals surface area contributed by atoms with E-state index < -0.39 is 24.5 Å². The minimum absolute atomic E-state index is 0.209. The summed E-state index contributed by atoms with van der Waals surface area (Å²) in [5, 5.41) is 12.5. The molecule has 0 saturated carbocycles. The third-order valence-corrected chi connectivity index (χ3v) is 5.18. The van der Waals surface area contributed by atoms with Crippen molar-refractivity contribution in [2.75, 3.05) is 11.9 Å². The fourth-order valence-electron chi connectivity index (χ4n) is 3.36. The van der Waals surface area contributed by atoms with E-state index in [1.807, 2.05) is 6.92 Å². The molecule has 2 N–H and O–H groups in total. The molecule has 7 nitrogen and oxygen atoms in total. The minimum Gasteiger partial charge on any atom is -0.487 e. The number of rotatable bonds is 7. The van der Waals surface area contributed by atoms with Gasteiger partial charge in [-0.25, -0.2) is 13.8 Å². The molecule has 31 heavy (non-hydrogen) atoms. The van der Waals surface area contributed by atoms with Crippen molar-refractivity contribution in [1.82, 2.24) is 9.88 Å². The Bertz CT molecular complexity index is 1000. The van der Waals surface area contributed by atoms with Gasteiger partial charge in [-0.3, -0.25) is 9.59 Å². The number of ether oxygens (including phenoxy) is 1. The van der Waals surface area contributed by atoms with E-state index in [-0.39, 0.29) is 24.3 Å². The topological polar surface area (TPSA) is 91.8 Å². The number of hydrogen-bond acceptors (Lipinski definition) is 5. The maximum Gasteiger partial charge on any atom is 0.272 e. The molecule has 1 aliphatic rings. The van der Waals surface area contributed by atoms with Crippen molar-refractivity contribution in [2.45, 2.75) is 52.3 Å². The Morgan fingerprint density at radius 2 is 2.06 bits per heavy atom. The summed E-state index contributed by atoms with van der Waals surface area (Å²) in [5.41, 5.74) is 0.921. The fourth-order valence-corrected chi connectivity index (χ4v) is 3.36. The van der Waals surface area contributed by atoms with E-state index in [9.17, 15) is 23.5 Å². The minimum atomic E-state index is -2.56. The van der Waals surface area contributed by atoms with E-state index in [4.69, 9.17) is 4.74 Å². The summed E-state index contributed by atoms with van der Waals surface area (Å²) in [4.78, 5) is 31.0. The summed E-state index contributed by atoms with van der Waals surface area (Å²) in [6.07, 6.45) is -1.12. The second kappa shape index (κ2) is 8.58. The predicted octanol–water partition coefficient (Wildman–Crippen LogP) is 3.46. The highest BCUT2D eigenvalue weighted by molar-refractivity contribution is 6.02. The molecule has 166 valence electrons. The Kier molecular flexibility index (Phi) is 6.26. The lowest BCUT2D eigenvalue weighted by Crippen LogP contribution is -2.37. The van der Waals surface area contributed by atoms with E-state index in [1.165, 1.54) is 20.0 Å². The average molecular weight is 433 g/mol. The normalized spacial score (nSPS) is 14.6. The number of nitrogens with one attached hydrogen (secondary N) is 1. The number of fused-ring (bicyclic) bond motifs is 1. The summed E-state index contributed by atoms with van der Waals surface area (Å²) in [5.74, 6) is -0.227. The van der Waals surface area contributed by atoms with Crippen LogP contribution in [0.25, 0.3) is 0 Å². The number of halogens is 2. The number of carbonyl (C=O) groups excluding carboxylic acids is 2. The smallest absolute Gasteiger partial charge is 0.272 e. The Balaban J connectivity index is 1.81. The molecule has 1 aromatic heterocycles. The van der Waals surface area contributed by atoms with Crippen LogP contribution in [0.5, 0.6) is 5.75 Å². The van der Waals surface area contributed by atoms with Crippen LogP contribution in [0.15, 0.2) is 30.5 Å². The van der Waals surface area contributed by atoms with Crippen molar-refractivity contribution in [3.63, 3.8) is 0 Å². The first-order valence-corrected chi connectivity index (χ1v) is 9.83. The van der Waals surface area contributed by atoms with Crippen LogP contribution in [0.1, 0.15) is 53.9 Å². The summed E-state index contributed by atoms with van der Waals surface area (Å²) in [6, 6.07) is 6.44. The molecule has 0 aliphatic carbocycles. The molecular weight excluding hydrogens is 408 g/mol. The molecule has 0 radical (unpaired) electrons. The number of amides is 2. The van der Waals surface area contributed by atoms with Gasteiger partial charge in [0.2, 0.25) is 0 Å². The van der Waals surface area contributed by atoms with Gasteiger partial charge in [-0.05, 0) is 51.0 Å². The van der Waals surface area contributed by atoms with E-state index in [0.717, 1.165) is 5.56 Å². The Morgan fingerprint density at radius 1 is 1.35 bits per heavy atom. The molecule has 2 amide bonds. The Labute approximate surface area is 179 Å². The monoisotopic (exact) mass is 433 g/mol. The number of carbonyl (C=O) groups is 2. The summed E-state index contributed by atoms with van der Waals surface area (Å²) in [7, 11) is 0. The predicted molar refractivity (Wildman–Crippen MR) is 110 cm³/mol. The maximum absolute atomic E-state index is 13.0. The quantitative estimate of drug-likeness (QED) is 0.698. The zero-order valence-electron chi connectivity index (χ0n) is 17.8. The summed E-state index contributed by atoms with van der Waals surface area (Å²) in [6.45, 7) is 5.89. The highest BCUT2D eigenvalue weighted by Gasteiger charge is 2.35. The van der Waals surface area contributed by atoms with Crippen LogP contribution >= 0.6 is 0 Å². The van der Waals surface area contributed by atoms with Gasteiger partial charge >= 0.3 is 0 Å². The molecule has 9 heteroatoms. The molecule has 2 aromatic rings. The molecule has 0 fully saturated rings. The number of pyridine rings is 1. The van der Waals surface area contributed by atoms with Crippen LogP contribution in [0.3, 0.4) is 0 Å². The van der Waals surface area contributed by atoms with Gasteiger partial charge in [0.05, 0.1) is 12.6 Å². The first-order chi connectivity index (χ1) is 14.5. The number of anilines is 1. The van der Waals surface area contributed by atoms with Gasteiger partial charge in [0.15, 0.2) is 0 Å². The third kappa shape index (κ3) is 4.82. The van der Waals surface area contributed by atoms with Crippen molar-refractivity contribution in [3.05, 3.63) is 52.7 Å². The van der Waals surface area contributed by atoms with Crippen LogP contribution in [-0.4, -0.2) is 45.4 Å². The number of nitrogens with zero attached hydrogens (tertiary/aromatic N) is 2. The van der Waals surface area contributed by atoms with Crippen LogP contribution in [-0.2, 0) is 11.3 Å². The third-order valence-electron chi connectivity index (χ3n) is 5.18. The molecular formula is C22H25F2N3O4. The Hall–Kier alpha value is -3.07.